The number of fused-ring (bicyclic) bond motifs is 2. The Morgan fingerprint density at radius 3 is 2.59 bits per heavy atom. The molecule has 0 atom stereocenters. The van der Waals surface area contributed by atoms with Crippen molar-refractivity contribution in [3.05, 3.63) is 90.0 Å². The van der Waals surface area contributed by atoms with Crippen LogP contribution in [0.25, 0.3) is 16.5 Å². The van der Waals surface area contributed by atoms with Crippen LogP contribution in [0.5, 0.6) is 0 Å². The number of hydrogen-bond donors (Lipinski definition) is 0. The molecule has 0 aromatic heterocycles. The molecule has 0 unspecified atom stereocenters. The molecule has 0 spiro atoms. The van der Waals surface area contributed by atoms with Gasteiger partial charge in [-0.15, -0.1) is 0 Å². The van der Waals surface area contributed by atoms with Crippen molar-refractivity contribution in [3.63, 3.8) is 0 Å². The minimum Gasteiger partial charge on any atom is -0.261 e. The summed E-state index contributed by atoms with van der Waals surface area (Å²) in [5.74, 6) is 0. The SMILES string of the molecule is C=C1c2ccccc2CN1/N=C/c1cccc2ccccc12. The van der Waals surface area contributed by atoms with Gasteiger partial charge in [-0.25, -0.2) is 0 Å². The van der Waals surface area contributed by atoms with Crippen LogP contribution >= 0.6 is 0 Å². The topological polar surface area (TPSA) is 15.6 Å². The lowest BCUT2D eigenvalue weighted by atomic mass is 10.1. The van der Waals surface area contributed by atoms with E-state index < -0.39 is 0 Å². The van der Waals surface area contributed by atoms with Gasteiger partial charge in [0.2, 0.25) is 0 Å². The Morgan fingerprint density at radius 1 is 0.909 bits per heavy atom. The first kappa shape index (κ1) is 12.8. The van der Waals surface area contributed by atoms with Crippen molar-refractivity contribution >= 4 is 22.7 Å². The molecule has 22 heavy (non-hydrogen) atoms. The Kier molecular flexibility index (Phi) is 3.01. The van der Waals surface area contributed by atoms with Gasteiger partial charge >= 0.3 is 0 Å². The first-order valence-electron chi connectivity index (χ1n) is 7.39. The van der Waals surface area contributed by atoms with Crippen molar-refractivity contribution in [1.29, 1.82) is 0 Å². The fraction of sp³-hybridized carbons (Fsp3) is 0.0500. The smallest absolute Gasteiger partial charge is 0.0672 e. The van der Waals surface area contributed by atoms with E-state index in [4.69, 9.17) is 0 Å². The molecule has 0 amide bonds. The molecule has 0 saturated heterocycles. The standard InChI is InChI=1S/C20H16N2/c1-15-19-11-4-3-8-18(19)14-22(15)21-13-17-10-6-9-16-7-2-5-12-20(16)17/h2-13H,1,14H2/b21-13+. The summed E-state index contributed by atoms with van der Waals surface area (Å²) in [6.45, 7) is 4.95. The predicted molar refractivity (Wildman–Crippen MR) is 92.6 cm³/mol. The molecule has 1 aliphatic rings. The summed E-state index contributed by atoms with van der Waals surface area (Å²) >= 11 is 0. The molecule has 0 fully saturated rings. The molecule has 3 aromatic carbocycles. The van der Waals surface area contributed by atoms with Crippen LogP contribution in [-0.2, 0) is 6.54 Å². The van der Waals surface area contributed by atoms with Gasteiger partial charge < -0.3 is 0 Å². The van der Waals surface area contributed by atoms with Crippen molar-refractivity contribution in [1.82, 2.24) is 5.01 Å². The van der Waals surface area contributed by atoms with Gasteiger partial charge in [0.15, 0.2) is 0 Å². The second kappa shape index (κ2) is 5.15. The van der Waals surface area contributed by atoms with E-state index in [1.165, 1.54) is 21.9 Å². The highest BCUT2D eigenvalue weighted by atomic mass is 15.5. The van der Waals surface area contributed by atoms with Crippen LogP contribution in [0.2, 0.25) is 0 Å². The van der Waals surface area contributed by atoms with E-state index in [0.29, 0.717) is 0 Å². The van der Waals surface area contributed by atoms with Gasteiger partial charge in [0.25, 0.3) is 0 Å². The Labute approximate surface area is 130 Å². The van der Waals surface area contributed by atoms with Crippen LogP contribution in [-0.4, -0.2) is 11.2 Å². The highest BCUT2D eigenvalue weighted by Crippen LogP contribution is 2.31. The van der Waals surface area contributed by atoms with Crippen molar-refractivity contribution < 1.29 is 0 Å². The molecule has 0 bridgehead atoms. The Hall–Kier alpha value is -2.87. The summed E-state index contributed by atoms with van der Waals surface area (Å²) in [7, 11) is 0. The Balaban J connectivity index is 1.67. The van der Waals surface area contributed by atoms with Gasteiger partial charge in [-0.3, -0.25) is 5.01 Å². The zero-order valence-corrected chi connectivity index (χ0v) is 12.2. The highest BCUT2D eigenvalue weighted by Gasteiger charge is 2.20. The largest absolute Gasteiger partial charge is 0.261 e. The first-order valence-corrected chi connectivity index (χ1v) is 7.39. The average Bonchev–Trinajstić information content (AvgIpc) is 2.89. The molecule has 106 valence electrons. The van der Waals surface area contributed by atoms with Gasteiger partial charge in [-0.2, -0.15) is 5.10 Å². The lowest BCUT2D eigenvalue weighted by Crippen LogP contribution is -2.07. The average molecular weight is 284 g/mol. The number of nitrogens with zero attached hydrogens (tertiary/aromatic N) is 2. The second-order valence-corrected chi connectivity index (χ2v) is 5.47. The van der Waals surface area contributed by atoms with Crippen molar-refractivity contribution in [2.24, 2.45) is 5.10 Å². The van der Waals surface area contributed by atoms with E-state index in [1.807, 2.05) is 17.3 Å². The highest BCUT2D eigenvalue weighted by molar-refractivity contribution is 5.99. The molecule has 2 nitrogen and oxygen atoms in total. The van der Waals surface area contributed by atoms with Crippen LogP contribution < -0.4 is 0 Å². The van der Waals surface area contributed by atoms with Gasteiger partial charge in [-0.1, -0.05) is 73.3 Å². The number of rotatable bonds is 2. The van der Waals surface area contributed by atoms with Crippen molar-refractivity contribution in [2.75, 3.05) is 0 Å². The van der Waals surface area contributed by atoms with E-state index in [-0.39, 0.29) is 0 Å². The maximum Gasteiger partial charge on any atom is 0.0672 e. The third kappa shape index (κ3) is 2.09. The van der Waals surface area contributed by atoms with E-state index in [0.717, 1.165) is 17.8 Å². The Bertz CT molecular complexity index is 888. The fourth-order valence-corrected chi connectivity index (χ4v) is 2.94. The molecule has 2 heteroatoms. The van der Waals surface area contributed by atoms with Crippen LogP contribution in [0.3, 0.4) is 0 Å². The minimum atomic E-state index is 0.788. The summed E-state index contributed by atoms with van der Waals surface area (Å²) in [6.07, 6.45) is 1.93. The molecule has 4 rings (SSSR count). The molecule has 0 radical (unpaired) electrons. The van der Waals surface area contributed by atoms with Crippen LogP contribution in [0.4, 0.5) is 0 Å². The molecule has 0 N–H and O–H groups in total. The summed E-state index contributed by atoms with van der Waals surface area (Å²) in [5, 5.41) is 9.06. The molecule has 3 aromatic rings. The third-order valence-electron chi connectivity index (χ3n) is 4.12. The maximum atomic E-state index is 4.65. The van der Waals surface area contributed by atoms with Crippen molar-refractivity contribution in [2.45, 2.75) is 6.54 Å². The van der Waals surface area contributed by atoms with Gasteiger partial charge in [0.05, 0.1) is 18.5 Å². The minimum absolute atomic E-state index is 0.788. The Morgan fingerprint density at radius 2 is 1.68 bits per heavy atom. The van der Waals surface area contributed by atoms with E-state index in [2.05, 4.69) is 72.3 Å². The molecule has 0 aliphatic carbocycles. The fourth-order valence-electron chi connectivity index (χ4n) is 2.94. The molecular formula is C20H16N2. The third-order valence-corrected chi connectivity index (χ3v) is 4.12. The lowest BCUT2D eigenvalue weighted by Gasteiger charge is -2.12. The van der Waals surface area contributed by atoms with E-state index >= 15 is 0 Å². The molecular weight excluding hydrogens is 268 g/mol. The summed E-state index contributed by atoms with van der Waals surface area (Å²) < 4.78 is 0. The summed E-state index contributed by atoms with van der Waals surface area (Å²) in [6, 6.07) is 23.0. The zero-order chi connectivity index (χ0) is 14.9. The molecule has 1 aliphatic heterocycles. The molecule has 1 heterocycles. The quantitative estimate of drug-likeness (QED) is 0.625. The molecule has 0 saturated carbocycles. The lowest BCUT2D eigenvalue weighted by molar-refractivity contribution is 0.440. The number of benzene rings is 3. The van der Waals surface area contributed by atoms with Crippen LogP contribution in [0.1, 0.15) is 16.7 Å². The first-order chi connectivity index (χ1) is 10.8. The van der Waals surface area contributed by atoms with Crippen LogP contribution in [0, 0.1) is 0 Å². The van der Waals surface area contributed by atoms with Gasteiger partial charge in [0, 0.05) is 11.1 Å². The van der Waals surface area contributed by atoms with Crippen molar-refractivity contribution in [3.8, 4) is 0 Å². The summed E-state index contributed by atoms with van der Waals surface area (Å²) in [5.41, 5.74) is 4.56. The van der Waals surface area contributed by atoms with E-state index in [1.54, 1.807) is 0 Å². The van der Waals surface area contributed by atoms with E-state index in [9.17, 15) is 0 Å². The van der Waals surface area contributed by atoms with Gasteiger partial charge in [-0.05, 0) is 16.3 Å². The number of hydrazone groups is 1. The monoisotopic (exact) mass is 284 g/mol. The number of hydrogen-bond acceptors (Lipinski definition) is 2. The zero-order valence-electron chi connectivity index (χ0n) is 12.2. The summed E-state index contributed by atoms with van der Waals surface area (Å²) in [4.78, 5) is 0. The van der Waals surface area contributed by atoms with Gasteiger partial charge in [0.1, 0.15) is 0 Å². The second-order valence-electron chi connectivity index (χ2n) is 5.47. The maximum absolute atomic E-state index is 4.65. The normalized spacial score (nSPS) is 14.0. The van der Waals surface area contributed by atoms with Crippen LogP contribution in [0.15, 0.2) is 78.4 Å². The predicted octanol–water partition coefficient (Wildman–Crippen LogP) is 4.66.